The molecule has 1 saturated carbocycles. The van der Waals surface area contributed by atoms with E-state index in [1.807, 2.05) is 48.5 Å². The number of hydrogen-bond acceptors (Lipinski definition) is 7. The van der Waals surface area contributed by atoms with E-state index in [4.69, 9.17) is 10.5 Å². The van der Waals surface area contributed by atoms with Crippen molar-refractivity contribution in [1.29, 1.82) is 0 Å². The summed E-state index contributed by atoms with van der Waals surface area (Å²) >= 11 is 0. The molecule has 0 aromatic rings. The van der Waals surface area contributed by atoms with Crippen molar-refractivity contribution in [1.82, 2.24) is 20.9 Å². The third-order valence-corrected chi connectivity index (χ3v) is 10.2. The fourth-order valence-corrected chi connectivity index (χ4v) is 6.95. The van der Waals surface area contributed by atoms with Crippen LogP contribution >= 0.6 is 0 Å². The van der Waals surface area contributed by atoms with Gasteiger partial charge in [0.1, 0.15) is 24.2 Å². The first kappa shape index (κ1) is 37.1. The van der Waals surface area contributed by atoms with Gasteiger partial charge in [0.05, 0.1) is 6.04 Å². The van der Waals surface area contributed by atoms with E-state index >= 15 is 0 Å². The summed E-state index contributed by atoms with van der Waals surface area (Å²) in [6.45, 7) is 13.4. The second kappa shape index (κ2) is 15.2. The number of esters is 1. The third-order valence-electron chi connectivity index (χ3n) is 10.2. The van der Waals surface area contributed by atoms with Gasteiger partial charge in [-0.25, -0.2) is 9.59 Å². The summed E-state index contributed by atoms with van der Waals surface area (Å²) in [5.74, 6) is -3.33. The second-order valence-electron chi connectivity index (χ2n) is 15.9. The highest BCUT2D eigenvalue weighted by Crippen LogP contribution is 2.36. The minimum Gasteiger partial charge on any atom is -0.460 e. The van der Waals surface area contributed by atoms with Crippen LogP contribution < -0.4 is 21.7 Å². The van der Waals surface area contributed by atoms with Crippen molar-refractivity contribution in [3.05, 3.63) is 23.3 Å². The summed E-state index contributed by atoms with van der Waals surface area (Å²) in [6.07, 6.45) is 9.81. The lowest BCUT2D eigenvalue weighted by Crippen LogP contribution is -2.61. The molecule has 5 amide bonds. The SMILES string of the molecule is CC(C)[C@@H]1C[C@@H](C(=O)NC(CC2CC2)C(=O)C(N)=O)N(C(=O)[C@@H](NC(=O)N[C@H](C(=O)OC2CC3=C(CCC=C3)C2)C(C)C)C(C)(C)C)C1. The summed E-state index contributed by atoms with van der Waals surface area (Å²) < 4.78 is 5.86. The van der Waals surface area contributed by atoms with E-state index in [0.717, 1.165) is 25.7 Å². The van der Waals surface area contributed by atoms with E-state index in [1.54, 1.807) is 0 Å². The smallest absolute Gasteiger partial charge is 0.329 e. The molecule has 12 heteroatoms. The van der Waals surface area contributed by atoms with Crippen LogP contribution in [0.15, 0.2) is 23.3 Å². The molecule has 1 aliphatic heterocycles. The van der Waals surface area contributed by atoms with E-state index in [9.17, 15) is 28.8 Å². The molecule has 3 aliphatic carbocycles. The summed E-state index contributed by atoms with van der Waals surface area (Å²) in [5, 5.41) is 8.29. The molecule has 48 heavy (non-hydrogen) atoms. The van der Waals surface area contributed by atoms with Gasteiger partial charge in [0.15, 0.2) is 0 Å². The Morgan fingerprint density at radius 2 is 1.69 bits per heavy atom. The fourth-order valence-electron chi connectivity index (χ4n) is 6.95. The number of ketones is 1. The molecule has 1 heterocycles. The third kappa shape index (κ3) is 9.25. The average Bonchev–Trinajstić information content (AvgIpc) is 3.54. The standard InChI is InChI=1S/C36H55N5O7/c1-19(2)24-17-27(32(44)38-26(14-21-12-13-21)29(42)31(37)43)41(18-24)33(45)30(36(5,6)7)40-35(47)39-28(20(3)4)34(46)48-25-15-22-10-8-9-11-23(22)16-25/h8,10,19-21,24-28,30H,9,11-18H2,1-7H3,(H2,37,43)(H,38,44)(H2,39,40,47)/t24-,25?,26?,27+,28+,30-/m1/s1. The lowest BCUT2D eigenvalue weighted by atomic mass is 9.85. The largest absolute Gasteiger partial charge is 0.460 e. The van der Waals surface area contributed by atoms with Crippen molar-refractivity contribution in [2.24, 2.45) is 34.8 Å². The number of nitrogens with two attached hydrogens (primary N) is 1. The highest BCUT2D eigenvalue weighted by Gasteiger charge is 2.47. The quantitative estimate of drug-likeness (QED) is 0.172. The van der Waals surface area contributed by atoms with Gasteiger partial charge in [0, 0.05) is 19.4 Å². The van der Waals surface area contributed by atoms with Crippen LogP contribution in [0.3, 0.4) is 0 Å². The molecule has 2 fully saturated rings. The zero-order valence-electron chi connectivity index (χ0n) is 29.6. The number of likely N-dealkylation sites (tertiary alicyclic amines) is 1. The number of ether oxygens (including phenoxy) is 1. The van der Waals surface area contributed by atoms with Crippen LogP contribution in [0.25, 0.3) is 0 Å². The summed E-state index contributed by atoms with van der Waals surface area (Å²) in [6, 6.07) is -4.62. The highest BCUT2D eigenvalue weighted by atomic mass is 16.5. The van der Waals surface area contributed by atoms with Crippen LogP contribution in [0.1, 0.15) is 99.8 Å². The lowest BCUT2D eigenvalue weighted by Gasteiger charge is -2.36. The first-order valence-electron chi connectivity index (χ1n) is 17.6. The maximum absolute atomic E-state index is 14.3. The number of urea groups is 1. The number of rotatable bonds is 13. The van der Waals surface area contributed by atoms with Gasteiger partial charge >= 0.3 is 12.0 Å². The van der Waals surface area contributed by atoms with Crippen molar-refractivity contribution >= 4 is 35.5 Å². The van der Waals surface area contributed by atoms with E-state index in [2.05, 4.69) is 28.1 Å². The average molecular weight is 670 g/mol. The van der Waals surface area contributed by atoms with Gasteiger partial charge in [-0.1, -0.05) is 79.0 Å². The zero-order chi connectivity index (χ0) is 35.5. The molecule has 5 N–H and O–H groups in total. The molecular formula is C36H55N5O7. The number of amides is 5. The van der Waals surface area contributed by atoms with Gasteiger partial charge in [0.25, 0.3) is 5.91 Å². The molecule has 4 rings (SSSR count). The van der Waals surface area contributed by atoms with Gasteiger partial charge < -0.3 is 31.3 Å². The minimum absolute atomic E-state index is 0.000745. The summed E-state index contributed by atoms with van der Waals surface area (Å²) in [7, 11) is 0. The Hall–Kier alpha value is -3.70. The Morgan fingerprint density at radius 1 is 1.00 bits per heavy atom. The van der Waals surface area contributed by atoms with Crippen LogP contribution in [0, 0.1) is 29.1 Å². The van der Waals surface area contributed by atoms with Crippen LogP contribution in [0.5, 0.6) is 0 Å². The van der Waals surface area contributed by atoms with Crippen molar-refractivity contribution < 1.29 is 33.5 Å². The van der Waals surface area contributed by atoms with Crippen LogP contribution in [0.2, 0.25) is 0 Å². The van der Waals surface area contributed by atoms with Crippen LogP contribution in [-0.2, 0) is 28.7 Å². The summed E-state index contributed by atoms with van der Waals surface area (Å²) in [5.41, 5.74) is 7.07. The second-order valence-corrected chi connectivity index (χ2v) is 15.9. The first-order chi connectivity index (χ1) is 22.5. The number of nitrogens with one attached hydrogen (secondary N) is 3. The van der Waals surface area contributed by atoms with E-state index in [1.165, 1.54) is 16.0 Å². The fraction of sp³-hybridized carbons (Fsp3) is 0.722. The van der Waals surface area contributed by atoms with Crippen molar-refractivity contribution in [2.45, 2.75) is 130 Å². The van der Waals surface area contributed by atoms with Gasteiger partial charge in [0.2, 0.25) is 17.6 Å². The Labute approximate surface area is 284 Å². The lowest BCUT2D eigenvalue weighted by molar-refractivity contribution is -0.152. The highest BCUT2D eigenvalue weighted by molar-refractivity contribution is 6.37. The van der Waals surface area contributed by atoms with E-state index in [-0.39, 0.29) is 36.3 Å². The van der Waals surface area contributed by atoms with Gasteiger partial charge in [-0.15, -0.1) is 0 Å². The minimum atomic E-state index is -1.11. The Morgan fingerprint density at radius 3 is 2.25 bits per heavy atom. The molecular weight excluding hydrogens is 614 g/mol. The summed E-state index contributed by atoms with van der Waals surface area (Å²) in [4.78, 5) is 80.6. The zero-order valence-corrected chi connectivity index (χ0v) is 29.6. The molecule has 0 aromatic heterocycles. The van der Waals surface area contributed by atoms with Crippen molar-refractivity contribution in [2.75, 3.05) is 6.54 Å². The Bertz CT molecular complexity index is 1340. The number of hydrogen-bond donors (Lipinski definition) is 4. The molecule has 0 aromatic carbocycles. The number of carbonyl (C=O) groups excluding carboxylic acids is 6. The van der Waals surface area contributed by atoms with Gasteiger partial charge in [-0.3, -0.25) is 19.2 Å². The number of primary amides is 1. The topological polar surface area (TPSA) is 177 Å². The Balaban J connectivity index is 1.45. The molecule has 4 aliphatic rings. The number of allylic oxidation sites excluding steroid dienone is 2. The van der Waals surface area contributed by atoms with Crippen LogP contribution in [0.4, 0.5) is 4.79 Å². The maximum atomic E-state index is 14.3. The normalized spacial score (nSPS) is 24.2. The monoisotopic (exact) mass is 669 g/mol. The maximum Gasteiger partial charge on any atom is 0.329 e. The van der Waals surface area contributed by atoms with Crippen LogP contribution in [-0.4, -0.2) is 77.2 Å². The predicted octanol–water partition coefficient (Wildman–Crippen LogP) is 3.29. The molecule has 266 valence electrons. The van der Waals surface area contributed by atoms with E-state index in [0.29, 0.717) is 25.7 Å². The molecule has 6 atom stereocenters. The first-order valence-corrected chi connectivity index (χ1v) is 17.6. The molecule has 12 nitrogen and oxygen atoms in total. The molecule has 0 spiro atoms. The number of Topliss-reactive ketones (excluding diaryl/α,β-unsaturated/α-hetero) is 1. The Kier molecular flexibility index (Phi) is 11.8. The molecule has 2 unspecified atom stereocenters. The van der Waals surface area contributed by atoms with Gasteiger partial charge in [-0.05, 0) is 60.3 Å². The van der Waals surface area contributed by atoms with E-state index < -0.39 is 65.1 Å². The van der Waals surface area contributed by atoms with Crippen molar-refractivity contribution in [3.8, 4) is 0 Å². The molecule has 0 radical (unpaired) electrons. The number of carbonyl (C=O) groups is 6. The molecule has 0 bridgehead atoms. The van der Waals surface area contributed by atoms with Gasteiger partial charge in [-0.2, -0.15) is 0 Å². The predicted molar refractivity (Wildman–Crippen MR) is 180 cm³/mol. The molecule has 1 saturated heterocycles. The van der Waals surface area contributed by atoms with Crippen molar-refractivity contribution in [3.63, 3.8) is 0 Å². The number of nitrogens with zero attached hydrogens (tertiary/aromatic N) is 1.